The van der Waals surface area contributed by atoms with Crippen LogP contribution in [-0.4, -0.2) is 32.1 Å². The van der Waals surface area contributed by atoms with E-state index in [1.54, 1.807) is 6.07 Å². The molecule has 0 aliphatic rings. The first-order chi connectivity index (χ1) is 20.5. The maximum atomic E-state index is 9.80. The molecule has 0 spiro atoms. The van der Waals surface area contributed by atoms with Crippen molar-refractivity contribution < 1.29 is 10.0 Å². The fourth-order valence-electron chi connectivity index (χ4n) is 5.06. The summed E-state index contributed by atoms with van der Waals surface area (Å²) in [6.45, 7) is 4.14. The Kier molecular flexibility index (Phi) is 7.73. The van der Waals surface area contributed by atoms with Gasteiger partial charge in [0.1, 0.15) is 0 Å². The van der Waals surface area contributed by atoms with Crippen molar-refractivity contribution in [2.45, 2.75) is 19.8 Å². The smallest absolute Gasteiger partial charge is 0.423 e. The molecular formula is C36H30BN3O2. The first-order valence-electron chi connectivity index (χ1n) is 14.0. The van der Waals surface area contributed by atoms with Gasteiger partial charge >= 0.3 is 7.12 Å². The predicted octanol–water partition coefficient (Wildman–Crippen LogP) is 7.01. The summed E-state index contributed by atoms with van der Waals surface area (Å²) in [5, 5.41) is 19.6. The molecule has 42 heavy (non-hydrogen) atoms. The highest BCUT2D eigenvalue weighted by Crippen LogP contribution is 2.31. The Labute approximate surface area is 246 Å². The van der Waals surface area contributed by atoms with E-state index in [1.807, 2.05) is 72.8 Å². The van der Waals surface area contributed by atoms with Gasteiger partial charge in [0.05, 0.1) is 0 Å². The maximum Gasteiger partial charge on any atom is 0.488 e. The van der Waals surface area contributed by atoms with Crippen LogP contribution in [0, 0.1) is 0 Å². The van der Waals surface area contributed by atoms with Gasteiger partial charge in [0.25, 0.3) is 0 Å². The quantitative estimate of drug-likeness (QED) is 0.210. The third kappa shape index (κ3) is 5.77. The minimum absolute atomic E-state index is 0.109. The Morgan fingerprint density at radius 1 is 0.476 bits per heavy atom. The van der Waals surface area contributed by atoms with Gasteiger partial charge < -0.3 is 10.0 Å². The highest BCUT2D eigenvalue weighted by molar-refractivity contribution is 6.58. The normalized spacial score (nSPS) is 11.1. The zero-order chi connectivity index (χ0) is 29.1. The van der Waals surface area contributed by atoms with E-state index < -0.39 is 7.12 Å². The Morgan fingerprint density at radius 2 is 0.881 bits per heavy atom. The molecule has 0 bridgehead atoms. The van der Waals surface area contributed by atoms with Crippen LogP contribution in [0.2, 0.25) is 0 Å². The van der Waals surface area contributed by atoms with Gasteiger partial charge in [0.15, 0.2) is 17.5 Å². The van der Waals surface area contributed by atoms with Crippen LogP contribution in [0.1, 0.15) is 25.3 Å². The summed E-state index contributed by atoms with van der Waals surface area (Å²) < 4.78 is 0. The molecule has 0 aliphatic heterocycles. The number of hydrogen-bond acceptors (Lipinski definition) is 5. The van der Waals surface area contributed by atoms with Gasteiger partial charge in [-0.25, -0.2) is 15.0 Å². The summed E-state index contributed by atoms with van der Waals surface area (Å²) >= 11 is 0. The Hall–Kier alpha value is -4.91. The molecule has 1 heterocycles. The number of rotatable bonds is 7. The molecule has 0 radical (unpaired) electrons. The SMILES string of the molecule is CC(C)c1cc(B(O)O)ccc1-c1nc(-c2ccc(-c3ccccc3)cc2)nc(-c2ccc(-c3ccccc3)cc2)n1. The van der Waals surface area contributed by atoms with Crippen molar-refractivity contribution in [3.05, 3.63) is 133 Å². The van der Waals surface area contributed by atoms with Crippen molar-refractivity contribution in [3.63, 3.8) is 0 Å². The van der Waals surface area contributed by atoms with Crippen molar-refractivity contribution in [3.8, 4) is 56.4 Å². The molecule has 1 aromatic heterocycles. The number of nitrogens with zero attached hydrogens (tertiary/aromatic N) is 3. The molecule has 0 fully saturated rings. The van der Waals surface area contributed by atoms with Crippen LogP contribution in [0.15, 0.2) is 127 Å². The third-order valence-electron chi connectivity index (χ3n) is 7.37. The van der Waals surface area contributed by atoms with Crippen LogP contribution >= 0.6 is 0 Å². The van der Waals surface area contributed by atoms with E-state index in [4.69, 9.17) is 15.0 Å². The van der Waals surface area contributed by atoms with Crippen molar-refractivity contribution in [2.75, 3.05) is 0 Å². The van der Waals surface area contributed by atoms with E-state index in [9.17, 15) is 10.0 Å². The van der Waals surface area contributed by atoms with E-state index in [2.05, 4.69) is 62.4 Å². The summed E-state index contributed by atoms with van der Waals surface area (Å²) in [6, 6.07) is 42.4. The number of aromatic nitrogens is 3. The summed E-state index contributed by atoms with van der Waals surface area (Å²) in [5.41, 5.74) is 8.49. The van der Waals surface area contributed by atoms with Crippen molar-refractivity contribution in [2.24, 2.45) is 0 Å². The van der Waals surface area contributed by atoms with E-state index >= 15 is 0 Å². The fourth-order valence-corrected chi connectivity index (χ4v) is 5.06. The monoisotopic (exact) mass is 547 g/mol. The molecule has 5 nitrogen and oxygen atoms in total. The van der Waals surface area contributed by atoms with Crippen LogP contribution in [0.25, 0.3) is 56.4 Å². The van der Waals surface area contributed by atoms with Gasteiger partial charge in [-0.3, -0.25) is 0 Å². The van der Waals surface area contributed by atoms with E-state index in [0.717, 1.165) is 44.5 Å². The van der Waals surface area contributed by atoms with Gasteiger partial charge in [-0.05, 0) is 39.2 Å². The first-order valence-corrected chi connectivity index (χ1v) is 14.0. The topological polar surface area (TPSA) is 79.1 Å². The summed E-state index contributed by atoms with van der Waals surface area (Å²) in [7, 11) is -1.55. The average Bonchev–Trinajstić information content (AvgIpc) is 3.05. The molecule has 2 N–H and O–H groups in total. The second-order valence-corrected chi connectivity index (χ2v) is 10.6. The molecule has 0 unspecified atom stereocenters. The first kappa shape index (κ1) is 27.3. The summed E-state index contributed by atoms with van der Waals surface area (Å²) in [4.78, 5) is 14.8. The van der Waals surface area contributed by atoms with Gasteiger partial charge in [-0.1, -0.05) is 141 Å². The average molecular weight is 547 g/mol. The fraction of sp³-hybridized carbons (Fsp3) is 0.0833. The van der Waals surface area contributed by atoms with Crippen molar-refractivity contribution >= 4 is 12.6 Å². The summed E-state index contributed by atoms with van der Waals surface area (Å²) in [5.74, 6) is 1.79. The van der Waals surface area contributed by atoms with Crippen molar-refractivity contribution in [1.82, 2.24) is 15.0 Å². The highest BCUT2D eigenvalue weighted by atomic mass is 16.4. The second kappa shape index (κ2) is 11.9. The van der Waals surface area contributed by atoms with Crippen LogP contribution in [0.5, 0.6) is 0 Å². The third-order valence-corrected chi connectivity index (χ3v) is 7.37. The second-order valence-electron chi connectivity index (χ2n) is 10.6. The zero-order valence-corrected chi connectivity index (χ0v) is 23.5. The van der Waals surface area contributed by atoms with Gasteiger partial charge in [0.2, 0.25) is 0 Å². The molecule has 0 atom stereocenters. The molecular weight excluding hydrogens is 517 g/mol. The lowest BCUT2D eigenvalue weighted by atomic mass is 9.77. The summed E-state index contributed by atoms with van der Waals surface area (Å²) in [6.07, 6.45) is 0. The Bertz CT molecular complexity index is 1700. The number of benzene rings is 5. The highest BCUT2D eigenvalue weighted by Gasteiger charge is 2.19. The zero-order valence-electron chi connectivity index (χ0n) is 23.5. The molecule has 6 aromatic rings. The lowest BCUT2D eigenvalue weighted by molar-refractivity contribution is 0.425. The minimum atomic E-state index is -1.55. The molecule has 204 valence electrons. The van der Waals surface area contributed by atoms with E-state index in [0.29, 0.717) is 22.9 Å². The maximum absolute atomic E-state index is 9.80. The lowest BCUT2D eigenvalue weighted by Crippen LogP contribution is -2.30. The standard InChI is InChI=1S/C36H30BN3O2/c1-24(2)33-23-31(37(41)42)21-22-32(33)36-39-34(29-17-13-27(14-18-29)25-9-5-3-6-10-25)38-35(40-36)30-19-15-28(16-20-30)26-11-7-4-8-12-26/h3-24,41-42H,1-2H3. The van der Waals surface area contributed by atoms with Gasteiger partial charge in [-0.15, -0.1) is 0 Å². The van der Waals surface area contributed by atoms with Crippen LogP contribution in [-0.2, 0) is 0 Å². The Morgan fingerprint density at radius 3 is 1.31 bits per heavy atom. The van der Waals surface area contributed by atoms with E-state index in [1.165, 1.54) is 0 Å². The number of hydrogen-bond donors (Lipinski definition) is 2. The molecule has 0 saturated carbocycles. The molecule has 0 aliphatic carbocycles. The molecule has 5 aromatic carbocycles. The van der Waals surface area contributed by atoms with Crippen LogP contribution in [0.4, 0.5) is 0 Å². The minimum Gasteiger partial charge on any atom is -0.423 e. The molecule has 6 rings (SSSR count). The van der Waals surface area contributed by atoms with Gasteiger partial charge in [-0.2, -0.15) is 0 Å². The van der Waals surface area contributed by atoms with Crippen LogP contribution in [0.3, 0.4) is 0 Å². The predicted molar refractivity (Wildman–Crippen MR) is 171 cm³/mol. The molecule has 6 heteroatoms. The van der Waals surface area contributed by atoms with E-state index in [-0.39, 0.29) is 5.92 Å². The largest absolute Gasteiger partial charge is 0.488 e. The van der Waals surface area contributed by atoms with Crippen molar-refractivity contribution in [1.29, 1.82) is 0 Å². The van der Waals surface area contributed by atoms with Gasteiger partial charge in [0, 0.05) is 16.7 Å². The molecule has 0 amide bonds. The van der Waals surface area contributed by atoms with Crippen LogP contribution < -0.4 is 5.46 Å². The lowest BCUT2D eigenvalue weighted by Gasteiger charge is -2.15. The Balaban J connectivity index is 1.47. The molecule has 0 saturated heterocycles.